The van der Waals surface area contributed by atoms with E-state index in [-0.39, 0.29) is 30.4 Å². The average Bonchev–Trinajstić information content (AvgIpc) is 3.39. The van der Waals surface area contributed by atoms with Crippen molar-refractivity contribution >= 4 is 23.6 Å². The molecule has 0 saturated carbocycles. The topological polar surface area (TPSA) is 134 Å². The molecule has 1 aromatic carbocycles. The van der Waals surface area contributed by atoms with E-state index in [1.165, 1.54) is 23.7 Å². The van der Waals surface area contributed by atoms with Crippen molar-refractivity contribution in [2.24, 2.45) is 7.05 Å². The van der Waals surface area contributed by atoms with Gasteiger partial charge in [0.05, 0.1) is 38.1 Å². The molecule has 1 atom stereocenters. The molecule has 15 heteroatoms. The number of carbonyl (C=O) groups excluding carboxylic acids is 2. The molecule has 1 unspecified atom stereocenters. The zero-order valence-electron chi connectivity index (χ0n) is 19.9. The van der Waals surface area contributed by atoms with E-state index < -0.39 is 36.1 Å². The third-order valence-corrected chi connectivity index (χ3v) is 5.43. The number of rotatable bonds is 8. The van der Waals surface area contributed by atoms with Crippen LogP contribution in [0.25, 0.3) is 0 Å². The Hall–Kier alpha value is -4.27. The van der Waals surface area contributed by atoms with Crippen LogP contribution < -0.4 is 15.0 Å². The van der Waals surface area contributed by atoms with Crippen LogP contribution in [-0.4, -0.2) is 63.1 Å². The Kier molecular flexibility index (Phi) is 6.98. The van der Waals surface area contributed by atoms with Crippen molar-refractivity contribution in [3.05, 3.63) is 53.3 Å². The Balaban J connectivity index is 1.47. The Bertz CT molecular complexity index is 1300. The number of hydrogen-bond acceptors (Lipinski definition) is 9. The van der Waals surface area contributed by atoms with Crippen molar-refractivity contribution in [1.82, 2.24) is 25.2 Å². The van der Waals surface area contributed by atoms with E-state index in [4.69, 9.17) is 14.2 Å². The highest BCUT2D eigenvalue weighted by molar-refractivity contribution is 6.04. The lowest BCUT2D eigenvalue weighted by Crippen LogP contribution is -2.36. The number of ether oxygens (including phenoxy) is 3. The normalized spacial score (nSPS) is 17.6. The van der Waals surface area contributed by atoms with Crippen LogP contribution in [-0.2, 0) is 29.3 Å². The smallest absolute Gasteiger partial charge is 0.433 e. The zero-order chi connectivity index (χ0) is 26.8. The molecular formula is C22H22F3N7O5. The van der Waals surface area contributed by atoms with Crippen LogP contribution in [0.4, 0.5) is 29.6 Å². The van der Waals surface area contributed by atoms with Gasteiger partial charge in [0.2, 0.25) is 5.95 Å². The first kappa shape index (κ1) is 25.8. The van der Waals surface area contributed by atoms with Gasteiger partial charge < -0.3 is 14.2 Å². The number of aromatic nitrogens is 5. The molecular weight excluding hydrogens is 499 g/mol. The van der Waals surface area contributed by atoms with Gasteiger partial charge in [-0.1, -0.05) is 5.10 Å². The van der Waals surface area contributed by atoms with Crippen molar-refractivity contribution in [2.75, 3.05) is 30.5 Å². The lowest BCUT2D eigenvalue weighted by atomic mass is 10.1. The molecule has 4 rings (SSSR count). The predicted octanol–water partition coefficient (Wildman–Crippen LogP) is 2.82. The van der Waals surface area contributed by atoms with E-state index in [0.717, 1.165) is 6.07 Å². The molecule has 1 saturated heterocycles. The molecule has 0 aliphatic carbocycles. The lowest BCUT2D eigenvalue weighted by Gasteiger charge is -2.22. The van der Waals surface area contributed by atoms with Crippen LogP contribution in [0.3, 0.4) is 0 Å². The highest BCUT2D eigenvalue weighted by atomic mass is 19.4. The molecule has 3 aromatic rings. The average molecular weight is 521 g/mol. The molecule has 0 radical (unpaired) electrons. The maximum atomic E-state index is 13.3. The van der Waals surface area contributed by atoms with Crippen LogP contribution in [0.5, 0.6) is 5.75 Å². The van der Waals surface area contributed by atoms with Gasteiger partial charge in [0.15, 0.2) is 5.60 Å². The van der Waals surface area contributed by atoms with E-state index in [1.807, 2.05) is 0 Å². The first-order valence-corrected chi connectivity index (χ1v) is 10.8. The number of carbonyl (C=O) groups is 2. The van der Waals surface area contributed by atoms with Crippen molar-refractivity contribution in [3.8, 4) is 5.75 Å². The number of cyclic esters (lactones) is 1. The summed E-state index contributed by atoms with van der Waals surface area (Å²) in [5.41, 5.74) is -2.14. The predicted molar refractivity (Wildman–Crippen MR) is 121 cm³/mol. The Morgan fingerprint density at radius 2 is 1.95 bits per heavy atom. The number of methoxy groups -OCH3 is 1. The standard InChI is InChI=1S/C22H22F3N7O5/c1-21(11-32(20(34)37-21)13-4-6-14(35-3)7-5-13)12-36-10-16-15(8-9-17(26-16)22(23,24)25)18(33)27-19-28-29-30-31(19)2/h4-9H,10-12H2,1-3H3,(H,27,28,30,33). The SMILES string of the molecule is COc1ccc(N2CC(C)(COCc3nc(C(F)(F)F)ccc3C(=O)Nc3nnnn3C)OC2=O)cc1. The Morgan fingerprint density at radius 3 is 2.57 bits per heavy atom. The quantitative estimate of drug-likeness (QED) is 0.475. The molecule has 12 nitrogen and oxygen atoms in total. The first-order chi connectivity index (χ1) is 17.5. The molecule has 1 aliphatic heterocycles. The monoisotopic (exact) mass is 521 g/mol. The number of aryl methyl sites for hydroxylation is 1. The van der Waals surface area contributed by atoms with Gasteiger partial charge in [0.1, 0.15) is 11.4 Å². The molecule has 2 aromatic heterocycles. The maximum Gasteiger partial charge on any atom is 0.433 e. The summed E-state index contributed by atoms with van der Waals surface area (Å²) < 4.78 is 57.2. The van der Waals surface area contributed by atoms with Crippen molar-refractivity contribution in [1.29, 1.82) is 0 Å². The summed E-state index contributed by atoms with van der Waals surface area (Å²) in [5, 5.41) is 13.0. The van der Waals surface area contributed by atoms with Crippen molar-refractivity contribution in [3.63, 3.8) is 0 Å². The Morgan fingerprint density at radius 1 is 1.22 bits per heavy atom. The lowest BCUT2D eigenvalue weighted by molar-refractivity contribution is -0.141. The van der Waals surface area contributed by atoms with Crippen molar-refractivity contribution < 1.29 is 37.0 Å². The van der Waals surface area contributed by atoms with Crippen LogP contribution in [0.1, 0.15) is 28.7 Å². The van der Waals surface area contributed by atoms with Crippen LogP contribution >= 0.6 is 0 Å². The van der Waals surface area contributed by atoms with Crippen LogP contribution in [0.15, 0.2) is 36.4 Å². The van der Waals surface area contributed by atoms with Gasteiger partial charge >= 0.3 is 12.3 Å². The summed E-state index contributed by atoms with van der Waals surface area (Å²) in [7, 11) is 3.00. The fourth-order valence-electron chi connectivity index (χ4n) is 3.57. The van der Waals surface area contributed by atoms with Crippen LogP contribution in [0, 0.1) is 0 Å². The number of hydrogen-bond donors (Lipinski definition) is 1. The summed E-state index contributed by atoms with van der Waals surface area (Å²) in [6.07, 6.45) is -5.34. The number of nitrogens with one attached hydrogen (secondary N) is 1. The number of pyridine rings is 1. The third kappa shape index (κ3) is 5.77. The summed E-state index contributed by atoms with van der Waals surface area (Å²) in [5.74, 6) is -0.172. The molecule has 37 heavy (non-hydrogen) atoms. The molecule has 0 bridgehead atoms. The summed E-state index contributed by atoms with van der Waals surface area (Å²) in [6, 6.07) is 8.46. The van der Waals surface area contributed by atoms with Gasteiger partial charge in [-0.25, -0.2) is 14.5 Å². The fourth-order valence-corrected chi connectivity index (χ4v) is 3.57. The van der Waals surface area contributed by atoms with E-state index >= 15 is 0 Å². The minimum Gasteiger partial charge on any atom is -0.497 e. The van der Waals surface area contributed by atoms with E-state index in [1.54, 1.807) is 31.2 Å². The molecule has 196 valence electrons. The molecule has 3 heterocycles. The number of anilines is 2. The maximum absolute atomic E-state index is 13.3. The number of amides is 2. The minimum absolute atomic E-state index is 0.0132. The number of benzene rings is 1. The highest BCUT2D eigenvalue weighted by Crippen LogP contribution is 2.31. The van der Waals surface area contributed by atoms with Crippen molar-refractivity contribution in [2.45, 2.75) is 25.3 Å². The molecule has 1 aliphatic rings. The van der Waals surface area contributed by atoms with E-state index in [2.05, 4.69) is 25.8 Å². The van der Waals surface area contributed by atoms with Gasteiger partial charge in [0.25, 0.3) is 5.91 Å². The second-order valence-electron chi connectivity index (χ2n) is 8.36. The second kappa shape index (κ2) is 10.0. The number of alkyl halides is 3. The van der Waals surface area contributed by atoms with E-state index in [9.17, 15) is 22.8 Å². The number of halogens is 3. The summed E-state index contributed by atoms with van der Waals surface area (Å²) in [4.78, 5) is 30.2. The number of tetrazole rings is 1. The first-order valence-electron chi connectivity index (χ1n) is 10.8. The summed E-state index contributed by atoms with van der Waals surface area (Å²) in [6.45, 7) is 1.13. The van der Waals surface area contributed by atoms with E-state index in [0.29, 0.717) is 17.5 Å². The number of nitrogens with zero attached hydrogens (tertiary/aromatic N) is 6. The zero-order valence-corrected chi connectivity index (χ0v) is 19.9. The fraction of sp³-hybridized carbons (Fsp3) is 0.364. The Labute approximate surface area is 208 Å². The molecule has 0 spiro atoms. The highest BCUT2D eigenvalue weighted by Gasteiger charge is 2.42. The minimum atomic E-state index is -4.73. The summed E-state index contributed by atoms with van der Waals surface area (Å²) >= 11 is 0. The van der Waals surface area contributed by atoms with Crippen LogP contribution in [0.2, 0.25) is 0 Å². The molecule has 2 amide bonds. The van der Waals surface area contributed by atoms with Gasteiger partial charge in [-0.2, -0.15) is 13.2 Å². The third-order valence-electron chi connectivity index (χ3n) is 5.43. The van der Waals surface area contributed by atoms with Gasteiger partial charge in [-0.15, -0.1) is 0 Å². The molecule has 1 N–H and O–H groups in total. The molecule has 1 fully saturated rings. The van der Waals surface area contributed by atoms with Gasteiger partial charge in [-0.05, 0) is 53.7 Å². The largest absolute Gasteiger partial charge is 0.497 e. The van der Waals surface area contributed by atoms with Gasteiger partial charge in [-0.3, -0.25) is 15.0 Å². The van der Waals surface area contributed by atoms with Gasteiger partial charge in [0, 0.05) is 12.7 Å². The second-order valence-corrected chi connectivity index (χ2v) is 8.36.